The Hall–Kier alpha value is 0.430. The zero-order valence-electron chi connectivity index (χ0n) is 7.03. The van der Waals surface area contributed by atoms with E-state index in [0.717, 1.165) is 15.4 Å². The molecule has 0 atom stereocenters. The van der Waals surface area contributed by atoms with Gasteiger partial charge in [-0.2, -0.15) is 0 Å². The summed E-state index contributed by atoms with van der Waals surface area (Å²) in [7, 11) is 0. The van der Waals surface area contributed by atoms with Gasteiger partial charge in [-0.05, 0) is 22.0 Å². The maximum Gasteiger partial charge on any atom is 0.107 e. The van der Waals surface area contributed by atoms with Gasteiger partial charge in [0.05, 0.1) is 0 Å². The second-order valence-corrected chi connectivity index (χ2v) is 5.46. The Bertz CT molecular complexity index is 240. The normalized spacial score (nSPS) is 11.1. The lowest BCUT2D eigenvalue weighted by Crippen LogP contribution is -2.21. The Morgan fingerprint density at radius 1 is 1.67 bits per heavy atom. The number of halogens is 2. The van der Waals surface area contributed by atoms with Gasteiger partial charge in [-0.15, -0.1) is 11.3 Å². The van der Waals surface area contributed by atoms with Crippen molar-refractivity contribution in [3.8, 4) is 0 Å². The minimum atomic E-state index is 0.518. The van der Waals surface area contributed by atoms with Gasteiger partial charge in [0.1, 0.15) is 4.34 Å². The molecule has 0 amide bonds. The van der Waals surface area contributed by atoms with Crippen LogP contribution in [0.25, 0.3) is 0 Å². The number of nitrogens with one attached hydrogen (secondary N) is 1. The monoisotopic (exact) mass is 267 g/mol. The summed E-state index contributed by atoms with van der Waals surface area (Å²) in [5.74, 6) is 0. The number of rotatable bonds is 3. The highest BCUT2D eigenvalue weighted by atomic mass is 79.9. The van der Waals surface area contributed by atoms with Crippen LogP contribution in [-0.2, 0) is 6.54 Å². The molecule has 1 aromatic rings. The molecule has 0 aliphatic heterocycles. The van der Waals surface area contributed by atoms with Crippen molar-refractivity contribution < 1.29 is 0 Å². The van der Waals surface area contributed by atoms with Crippen molar-refractivity contribution in [3.63, 3.8) is 0 Å². The van der Waals surface area contributed by atoms with Gasteiger partial charge in [0.2, 0.25) is 0 Å². The molecule has 1 heterocycles. The van der Waals surface area contributed by atoms with Crippen molar-refractivity contribution in [2.24, 2.45) is 0 Å². The van der Waals surface area contributed by atoms with E-state index < -0.39 is 0 Å². The molecule has 0 unspecified atom stereocenters. The van der Waals surface area contributed by atoms with Gasteiger partial charge in [-0.3, -0.25) is 0 Å². The third-order valence-corrected chi connectivity index (χ3v) is 3.86. The van der Waals surface area contributed by atoms with Crippen LogP contribution in [0.2, 0.25) is 4.34 Å². The molecular weight excluding hydrogens is 258 g/mol. The minimum Gasteiger partial charge on any atom is -0.310 e. The Labute approximate surface area is 90.3 Å². The van der Waals surface area contributed by atoms with Gasteiger partial charge in [0, 0.05) is 21.9 Å². The van der Waals surface area contributed by atoms with Crippen molar-refractivity contribution in [1.82, 2.24) is 5.32 Å². The largest absolute Gasteiger partial charge is 0.310 e. The number of hydrogen-bond acceptors (Lipinski definition) is 2. The first-order valence-electron chi connectivity index (χ1n) is 3.76. The summed E-state index contributed by atoms with van der Waals surface area (Å²) in [4.78, 5) is 1.26. The molecule has 0 spiro atoms. The molecule has 0 aliphatic rings. The summed E-state index contributed by atoms with van der Waals surface area (Å²) < 4.78 is 1.82. The van der Waals surface area contributed by atoms with Crippen molar-refractivity contribution >= 4 is 38.9 Å². The Morgan fingerprint density at radius 3 is 2.75 bits per heavy atom. The van der Waals surface area contributed by atoms with Crippen molar-refractivity contribution in [2.75, 3.05) is 0 Å². The highest BCUT2D eigenvalue weighted by Crippen LogP contribution is 2.31. The van der Waals surface area contributed by atoms with Crippen LogP contribution >= 0.6 is 38.9 Å². The molecule has 0 saturated carbocycles. The second-order valence-electron chi connectivity index (χ2n) is 2.87. The van der Waals surface area contributed by atoms with Crippen LogP contribution in [0.1, 0.15) is 18.7 Å². The Balaban J connectivity index is 2.53. The van der Waals surface area contributed by atoms with Crippen molar-refractivity contribution in [3.05, 3.63) is 19.8 Å². The van der Waals surface area contributed by atoms with E-state index in [1.165, 1.54) is 4.88 Å². The summed E-state index contributed by atoms with van der Waals surface area (Å²) >= 11 is 10.9. The quantitative estimate of drug-likeness (QED) is 0.882. The SMILES string of the molecule is CC(C)NCc1cc(Br)c(Cl)s1. The van der Waals surface area contributed by atoms with E-state index >= 15 is 0 Å². The molecule has 1 aromatic heterocycles. The molecular formula is C8H11BrClNS. The van der Waals surface area contributed by atoms with Crippen LogP contribution < -0.4 is 5.32 Å². The van der Waals surface area contributed by atoms with Crippen molar-refractivity contribution in [1.29, 1.82) is 0 Å². The average Bonchev–Trinajstić information content (AvgIpc) is 2.28. The van der Waals surface area contributed by atoms with E-state index in [1.54, 1.807) is 11.3 Å². The predicted octanol–water partition coefficient (Wildman–Crippen LogP) is 3.66. The van der Waals surface area contributed by atoms with Gasteiger partial charge in [0.15, 0.2) is 0 Å². The minimum absolute atomic E-state index is 0.518. The fraction of sp³-hybridized carbons (Fsp3) is 0.500. The molecule has 1 nitrogen and oxygen atoms in total. The van der Waals surface area contributed by atoms with Crippen LogP contribution in [0.4, 0.5) is 0 Å². The van der Waals surface area contributed by atoms with E-state index in [0.29, 0.717) is 6.04 Å². The average molecular weight is 269 g/mol. The number of thiophene rings is 1. The molecule has 68 valence electrons. The van der Waals surface area contributed by atoms with Gasteiger partial charge >= 0.3 is 0 Å². The first-order valence-corrected chi connectivity index (χ1v) is 5.75. The fourth-order valence-corrected chi connectivity index (χ4v) is 2.52. The fourth-order valence-electron chi connectivity index (χ4n) is 0.783. The summed E-state index contributed by atoms with van der Waals surface area (Å²) in [5.41, 5.74) is 0. The van der Waals surface area contributed by atoms with Crippen molar-refractivity contribution in [2.45, 2.75) is 26.4 Å². The first-order chi connectivity index (χ1) is 5.59. The third-order valence-electron chi connectivity index (χ3n) is 1.38. The van der Waals surface area contributed by atoms with Crippen LogP contribution in [-0.4, -0.2) is 6.04 Å². The lowest BCUT2D eigenvalue weighted by atomic mass is 10.4. The molecule has 12 heavy (non-hydrogen) atoms. The third kappa shape index (κ3) is 3.05. The molecule has 0 aliphatic carbocycles. The van der Waals surface area contributed by atoms with Gasteiger partial charge in [-0.25, -0.2) is 0 Å². The first kappa shape index (κ1) is 10.5. The van der Waals surface area contributed by atoms with Crippen LogP contribution in [0, 0.1) is 0 Å². The summed E-state index contributed by atoms with van der Waals surface area (Å²) in [6.07, 6.45) is 0. The summed E-state index contributed by atoms with van der Waals surface area (Å²) in [6, 6.07) is 2.58. The summed E-state index contributed by atoms with van der Waals surface area (Å²) in [6.45, 7) is 5.15. The van der Waals surface area contributed by atoms with E-state index in [2.05, 4.69) is 41.2 Å². The predicted molar refractivity (Wildman–Crippen MR) is 59.0 cm³/mol. The highest BCUT2D eigenvalue weighted by molar-refractivity contribution is 9.10. The Kier molecular flexibility index (Phi) is 4.03. The standard InChI is InChI=1S/C8H11BrClNS/c1-5(2)11-4-6-3-7(9)8(10)12-6/h3,5,11H,4H2,1-2H3. The van der Waals surface area contributed by atoms with Crippen LogP contribution in [0.5, 0.6) is 0 Å². The topological polar surface area (TPSA) is 12.0 Å². The van der Waals surface area contributed by atoms with E-state index in [1.807, 2.05) is 0 Å². The molecule has 1 rings (SSSR count). The van der Waals surface area contributed by atoms with Crippen LogP contribution in [0.15, 0.2) is 10.5 Å². The number of hydrogen-bond donors (Lipinski definition) is 1. The smallest absolute Gasteiger partial charge is 0.107 e. The lowest BCUT2D eigenvalue weighted by Gasteiger charge is -2.04. The molecule has 4 heteroatoms. The molecule has 0 bridgehead atoms. The lowest BCUT2D eigenvalue weighted by molar-refractivity contribution is 0.593. The Morgan fingerprint density at radius 2 is 2.33 bits per heavy atom. The van der Waals surface area contributed by atoms with Gasteiger partial charge in [0.25, 0.3) is 0 Å². The zero-order valence-corrected chi connectivity index (χ0v) is 10.2. The maximum absolute atomic E-state index is 5.89. The zero-order chi connectivity index (χ0) is 9.14. The molecule has 1 N–H and O–H groups in total. The maximum atomic E-state index is 5.89. The van der Waals surface area contributed by atoms with E-state index in [-0.39, 0.29) is 0 Å². The van der Waals surface area contributed by atoms with E-state index in [4.69, 9.17) is 11.6 Å². The van der Waals surface area contributed by atoms with Gasteiger partial charge in [-0.1, -0.05) is 25.4 Å². The molecule has 0 aromatic carbocycles. The van der Waals surface area contributed by atoms with Gasteiger partial charge < -0.3 is 5.32 Å². The van der Waals surface area contributed by atoms with E-state index in [9.17, 15) is 0 Å². The van der Waals surface area contributed by atoms with Crippen LogP contribution in [0.3, 0.4) is 0 Å². The summed E-state index contributed by atoms with van der Waals surface area (Å²) in [5, 5.41) is 3.33. The second kappa shape index (κ2) is 4.61. The highest BCUT2D eigenvalue weighted by Gasteiger charge is 2.03. The molecule has 0 fully saturated rings. The molecule has 0 radical (unpaired) electrons. The molecule has 0 saturated heterocycles.